The number of hydrogen-bond acceptors (Lipinski definition) is 3. The fourth-order valence-electron chi connectivity index (χ4n) is 1.18. The molecule has 0 saturated heterocycles. The summed E-state index contributed by atoms with van der Waals surface area (Å²) in [5, 5.41) is 0. The molecule has 0 aromatic carbocycles. The normalized spacial score (nSPS) is 9.69. The number of anilines is 2. The number of likely N-dealkylation sites (N-methyl/N-ethyl adjacent to an activating group) is 1. The lowest BCUT2D eigenvalue weighted by molar-refractivity contribution is 0.991. The molecule has 0 spiro atoms. The number of nitrogens with zero attached hydrogens (tertiary/aromatic N) is 2. The molecule has 3 nitrogen and oxygen atoms in total. The first kappa shape index (κ1) is 9.58. The van der Waals surface area contributed by atoms with Gasteiger partial charge in [0.2, 0.25) is 0 Å². The van der Waals surface area contributed by atoms with E-state index in [1.54, 1.807) is 0 Å². The molecular formula is C10H15N3. The smallest absolute Gasteiger partial charge is 0.151 e. The lowest BCUT2D eigenvalue weighted by Gasteiger charge is -2.17. The zero-order valence-corrected chi connectivity index (χ0v) is 8.12. The Morgan fingerprint density at radius 1 is 1.69 bits per heavy atom. The summed E-state index contributed by atoms with van der Waals surface area (Å²) in [6.45, 7) is 6.39. The van der Waals surface area contributed by atoms with Gasteiger partial charge in [0.25, 0.3) is 0 Å². The van der Waals surface area contributed by atoms with Crippen molar-refractivity contribution in [3.8, 4) is 0 Å². The Bertz CT molecular complexity index is 307. The van der Waals surface area contributed by atoms with Gasteiger partial charge in [0.05, 0.1) is 5.69 Å². The maximum Gasteiger partial charge on any atom is 0.151 e. The van der Waals surface area contributed by atoms with Gasteiger partial charge in [-0.15, -0.1) is 6.58 Å². The van der Waals surface area contributed by atoms with Crippen LogP contribution in [-0.2, 0) is 0 Å². The molecule has 0 amide bonds. The first-order chi connectivity index (χ1) is 6.15. The van der Waals surface area contributed by atoms with Crippen LogP contribution in [-0.4, -0.2) is 18.6 Å². The maximum atomic E-state index is 5.81. The van der Waals surface area contributed by atoms with E-state index in [0.29, 0.717) is 5.69 Å². The van der Waals surface area contributed by atoms with E-state index in [1.165, 1.54) is 0 Å². The average molecular weight is 177 g/mol. The van der Waals surface area contributed by atoms with Gasteiger partial charge in [-0.1, -0.05) is 6.08 Å². The molecule has 2 N–H and O–H groups in total. The number of pyridine rings is 1. The van der Waals surface area contributed by atoms with Crippen molar-refractivity contribution in [2.24, 2.45) is 0 Å². The lowest BCUT2D eigenvalue weighted by Crippen LogP contribution is -2.19. The number of nitrogens with two attached hydrogens (primary N) is 1. The molecular weight excluding hydrogens is 162 g/mol. The first-order valence-electron chi connectivity index (χ1n) is 4.19. The second-order valence-electron chi connectivity index (χ2n) is 3.09. The van der Waals surface area contributed by atoms with E-state index in [9.17, 15) is 0 Å². The van der Waals surface area contributed by atoms with E-state index in [0.717, 1.165) is 17.9 Å². The summed E-state index contributed by atoms with van der Waals surface area (Å²) in [5.74, 6) is 0.811. The van der Waals surface area contributed by atoms with Gasteiger partial charge in [0, 0.05) is 19.8 Å². The third kappa shape index (κ3) is 2.21. The Hall–Kier alpha value is -1.51. The van der Waals surface area contributed by atoms with Crippen molar-refractivity contribution in [1.29, 1.82) is 0 Å². The quantitative estimate of drug-likeness (QED) is 0.713. The molecule has 0 atom stereocenters. The first-order valence-corrected chi connectivity index (χ1v) is 4.19. The fourth-order valence-corrected chi connectivity index (χ4v) is 1.18. The van der Waals surface area contributed by atoms with Gasteiger partial charge in [-0.05, 0) is 18.6 Å². The largest absolute Gasteiger partial charge is 0.396 e. The highest BCUT2D eigenvalue weighted by atomic mass is 15.2. The molecule has 0 unspecified atom stereocenters. The molecule has 13 heavy (non-hydrogen) atoms. The Kier molecular flexibility index (Phi) is 2.90. The molecule has 0 saturated carbocycles. The zero-order chi connectivity index (χ0) is 9.84. The summed E-state index contributed by atoms with van der Waals surface area (Å²) in [5.41, 5.74) is 7.60. The van der Waals surface area contributed by atoms with Crippen LogP contribution in [0.1, 0.15) is 5.56 Å². The molecule has 1 rings (SSSR count). The predicted octanol–water partition coefficient (Wildman–Crippen LogP) is 1.59. The van der Waals surface area contributed by atoms with Crippen molar-refractivity contribution < 1.29 is 0 Å². The van der Waals surface area contributed by atoms with Gasteiger partial charge in [-0.25, -0.2) is 4.98 Å². The minimum absolute atomic E-state index is 0.712. The molecule has 0 aliphatic heterocycles. The summed E-state index contributed by atoms with van der Waals surface area (Å²) >= 11 is 0. The topological polar surface area (TPSA) is 42.2 Å². The van der Waals surface area contributed by atoms with Gasteiger partial charge in [0.15, 0.2) is 5.82 Å². The van der Waals surface area contributed by atoms with E-state index in [-0.39, 0.29) is 0 Å². The second-order valence-corrected chi connectivity index (χ2v) is 3.09. The predicted molar refractivity (Wildman–Crippen MR) is 56.9 cm³/mol. The third-order valence-electron chi connectivity index (χ3n) is 1.80. The highest BCUT2D eigenvalue weighted by Gasteiger charge is 2.04. The fraction of sp³-hybridized carbons (Fsp3) is 0.300. The summed E-state index contributed by atoms with van der Waals surface area (Å²) in [6.07, 6.45) is 3.63. The SMILES string of the molecule is C=CCN(C)c1ncc(C)cc1N. The summed E-state index contributed by atoms with van der Waals surface area (Å²) in [4.78, 5) is 6.21. The summed E-state index contributed by atoms with van der Waals surface area (Å²) in [7, 11) is 1.94. The van der Waals surface area contributed by atoms with Crippen LogP contribution in [0.2, 0.25) is 0 Å². The molecule has 0 bridgehead atoms. The maximum absolute atomic E-state index is 5.81. The number of aromatic nitrogens is 1. The van der Waals surface area contributed by atoms with Gasteiger partial charge >= 0.3 is 0 Å². The summed E-state index contributed by atoms with van der Waals surface area (Å²) in [6, 6.07) is 1.92. The van der Waals surface area contributed by atoms with E-state index in [4.69, 9.17) is 5.73 Å². The minimum Gasteiger partial charge on any atom is -0.396 e. The van der Waals surface area contributed by atoms with Crippen LogP contribution in [0.3, 0.4) is 0 Å². The molecule has 70 valence electrons. The molecule has 1 aromatic rings. The van der Waals surface area contributed by atoms with Crippen molar-refractivity contribution >= 4 is 11.5 Å². The van der Waals surface area contributed by atoms with E-state index in [2.05, 4.69) is 11.6 Å². The number of nitrogen functional groups attached to an aromatic ring is 1. The van der Waals surface area contributed by atoms with Crippen LogP contribution < -0.4 is 10.6 Å². The van der Waals surface area contributed by atoms with Gasteiger partial charge in [-0.2, -0.15) is 0 Å². The molecule has 0 radical (unpaired) electrons. The lowest BCUT2D eigenvalue weighted by atomic mass is 10.3. The van der Waals surface area contributed by atoms with Crippen LogP contribution in [0.5, 0.6) is 0 Å². The number of rotatable bonds is 3. The van der Waals surface area contributed by atoms with Crippen LogP contribution in [0.25, 0.3) is 0 Å². The van der Waals surface area contributed by atoms with Gasteiger partial charge in [0.1, 0.15) is 0 Å². The molecule has 0 aliphatic carbocycles. The molecule has 0 aliphatic rings. The third-order valence-corrected chi connectivity index (χ3v) is 1.80. The van der Waals surface area contributed by atoms with E-state index in [1.807, 2.05) is 37.2 Å². The highest BCUT2D eigenvalue weighted by molar-refractivity contribution is 5.63. The molecule has 1 heterocycles. The molecule has 1 aromatic heterocycles. The van der Waals surface area contributed by atoms with Crippen molar-refractivity contribution in [2.75, 3.05) is 24.2 Å². The summed E-state index contributed by atoms with van der Waals surface area (Å²) < 4.78 is 0. The zero-order valence-electron chi connectivity index (χ0n) is 8.12. The Labute approximate surface area is 78.9 Å². The Balaban J connectivity index is 2.94. The van der Waals surface area contributed by atoms with Crippen molar-refractivity contribution in [2.45, 2.75) is 6.92 Å². The Morgan fingerprint density at radius 3 is 2.92 bits per heavy atom. The van der Waals surface area contributed by atoms with Crippen LogP contribution in [0.4, 0.5) is 11.5 Å². The number of hydrogen-bond donors (Lipinski definition) is 1. The number of aryl methyl sites for hydroxylation is 1. The standard InChI is InChI=1S/C10H15N3/c1-4-5-13(3)10-9(11)6-8(2)7-12-10/h4,6-7H,1,5,11H2,2-3H3. The highest BCUT2D eigenvalue weighted by Crippen LogP contribution is 2.19. The van der Waals surface area contributed by atoms with Crippen molar-refractivity contribution in [3.63, 3.8) is 0 Å². The minimum atomic E-state index is 0.712. The second kappa shape index (κ2) is 3.94. The van der Waals surface area contributed by atoms with Gasteiger partial charge < -0.3 is 10.6 Å². The van der Waals surface area contributed by atoms with Crippen molar-refractivity contribution in [3.05, 3.63) is 30.5 Å². The van der Waals surface area contributed by atoms with E-state index < -0.39 is 0 Å². The van der Waals surface area contributed by atoms with Crippen molar-refractivity contribution in [1.82, 2.24) is 4.98 Å². The van der Waals surface area contributed by atoms with Gasteiger partial charge in [-0.3, -0.25) is 0 Å². The average Bonchev–Trinajstić information content (AvgIpc) is 2.04. The monoisotopic (exact) mass is 177 g/mol. The van der Waals surface area contributed by atoms with Crippen LogP contribution >= 0.6 is 0 Å². The van der Waals surface area contributed by atoms with Crippen LogP contribution in [0.15, 0.2) is 24.9 Å². The van der Waals surface area contributed by atoms with Crippen LogP contribution in [0, 0.1) is 6.92 Å². The molecule has 3 heteroatoms. The molecule has 0 fully saturated rings. The Morgan fingerprint density at radius 2 is 2.38 bits per heavy atom. The van der Waals surface area contributed by atoms with E-state index >= 15 is 0 Å².